The normalized spacial score (nSPS) is 11.8. The van der Waals surface area contributed by atoms with E-state index in [9.17, 15) is 9.59 Å². The minimum atomic E-state index is -0.275. The molecule has 0 spiro atoms. The molecule has 0 aliphatic heterocycles. The molecule has 1 aromatic carbocycles. The number of H-pyrrole nitrogens is 1. The fourth-order valence-electron chi connectivity index (χ4n) is 1.90. The van der Waals surface area contributed by atoms with E-state index in [0.29, 0.717) is 0 Å². The third-order valence-electron chi connectivity index (χ3n) is 2.78. The summed E-state index contributed by atoms with van der Waals surface area (Å²) in [4.78, 5) is 25.6. The molecule has 2 rings (SSSR count). The number of aromatic amines is 1. The van der Waals surface area contributed by atoms with Gasteiger partial charge in [0.1, 0.15) is 5.69 Å². The van der Waals surface area contributed by atoms with Crippen molar-refractivity contribution in [2.24, 2.45) is 0 Å². The van der Waals surface area contributed by atoms with E-state index >= 15 is 0 Å². The summed E-state index contributed by atoms with van der Waals surface area (Å²) in [5.41, 5.74) is 1.17. The Bertz CT molecular complexity index is 605. The van der Waals surface area contributed by atoms with Crippen LogP contribution < -0.4 is 10.9 Å². The highest BCUT2D eigenvalue weighted by Gasteiger charge is 2.10. The van der Waals surface area contributed by atoms with Gasteiger partial charge in [0.05, 0.1) is 0 Å². The fourth-order valence-corrected chi connectivity index (χ4v) is 1.90. The van der Waals surface area contributed by atoms with E-state index in [0.717, 1.165) is 12.0 Å². The first-order valence-electron chi connectivity index (χ1n) is 6.19. The standard InChI is InChI=1S/C15H16N2O2/c1-11(10-12-6-3-2-4-7-12)16-15(19)13-8-5-9-14(18)17-13/h2-9,11H,10H2,1H3,(H,16,19)(H,17,18). The third kappa shape index (κ3) is 3.81. The summed E-state index contributed by atoms with van der Waals surface area (Å²) in [6.45, 7) is 1.94. The molecular formula is C15H16N2O2. The molecule has 1 atom stereocenters. The maximum absolute atomic E-state index is 11.9. The van der Waals surface area contributed by atoms with Crippen molar-refractivity contribution in [2.45, 2.75) is 19.4 Å². The van der Waals surface area contributed by atoms with Crippen LogP contribution >= 0.6 is 0 Å². The maximum atomic E-state index is 11.9. The summed E-state index contributed by atoms with van der Waals surface area (Å²) in [5, 5.41) is 2.86. The van der Waals surface area contributed by atoms with Crippen molar-refractivity contribution < 1.29 is 4.79 Å². The summed E-state index contributed by atoms with van der Waals surface area (Å²) in [7, 11) is 0. The quantitative estimate of drug-likeness (QED) is 0.875. The molecule has 2 aromatic rings. The van der Waals surface area contributed by atoms with E-state index in [2.05, 4.69) is 10.3 Å². The van der Waals surface area contributed by atoms with E-state index < -0.39 is 0 Å². The molecule has 0 bridgehead atoms. The van der Waals surface area contributed by atoms with Gasteiger partial charge in [-0.2, -0.15) is 0 Å². The van der Waals surface area contributed by atoms with Crippen molar-refractivity contribution in [3.63, 3.8) is 0 Å². The Morgan fingerprint density at radius 1 is 1.16 bits per heavy atom. The van der Waals surface area contributed by atoms with E-state index in [1.165, 1.54) is 6.07 Å². The maximum Gasteiger partial charge on any atom is 0.268 e. The zero-order valence-electron chi connectivity index (χ0n) is 10.7. The van der Waals surface area contributed by atoms with Crippen LogP contribution in [0.1, 0.15) is 23.0 Å². The second kappa shape index (κ2) is 6.00. The highest BCUT2D eigenvalue weighted by atomic mass is 16.2. The van der Waals surface area contributed by atoms with Gasteiger partial charge in [-0.25, -0.2) is 0 Å². The molecule has 0 saturated carbocycles. The van der Waals surface area contributed by atoms with E-state index in [1.807, 2.05) is 37.3 Å². The monoisotopic (exact) mass is 256 g/mol. The SMILES string of the molecule is CC(Cc1ccccc1)NC(=O)c1cccc(=O)[nH]1. The number of hydrogen-bond donors (Lipinski definition) is 2. The Morgan fingerprint density at radius 2 is 1.89 bits per heavy atom. The Balaban J connectivity index is 1.97. The fraction of sp³-hybridized carbons (Fsp3) is 0.200. The number of benzene rings is 1. The molecule has 4 nitrogen and oxygen atoms in total. The summed E-state index contributed by atoms with van der Waals surface area (Å²) in [6.07, 6.45) is 0.754. The predicted molar refractivity (Wildman–Crippen MR) is 74.1 cm³/mol. The van der Waals surface area contributed by atoms with Crippen LogP contribution in [0, 0.1) is 0 Å². The number of amides is 1. The minimum Gasteiger partial charge on any atom is -0.348 e. The van der Waals surface area contributed by atoms with Gasteiger partial charge in [-0.05, 0) is 25.0 Å². The van der Waals surface area contributed by atoms with Crippen molar-refractivity contribution in [1.29, 1.82) is 0 Å². The van der Waals surface area contributed by atoms with Crippen molar-refractivity contribution in [3.8, 4) is 0 Å². The van der Waals surface area contributed by atoms with Crippen molar-refractivity contribution in [1.82, 2.24) is 10.3 Å². The van der Waals surface area contributed by atoms with Crippen molar-refractivity contribution in [3.05, 3.63) is 70.1 Å². The van der Waals surface area contributed by atoms with Gasteiger partial charge < -0.3 is 10.3 Å². The Morgan fingerprint density at radius 3 is 2.58 bits per heavy atom. The second-order valence-electron chi connectivity index (χ2n) is 4.49. The second-order valence-corrected chi connectivity index (χ2v) is 4.49. The molecule has 0 saturated heterocycles. The Kier molecular flexibility index (Phi) is 4.13. The summed E-state index contributed by atoms with van der Waals surface area (Å²) >= 11 is 0. The van der Waals surface area contributed by atoms with Crippen molar-refractivity contribution in [2.75, 3.05) is 0 Å². The molecule has 4 heteroatoms. The number of carbonyl (C=O) groups is 1. The van der Waals surface area contributed by atoms with Gasteiger partial charge >= 0.3 is 0 Å². The first-order chi connectivity index (χ1) is 9.15. The van der Waals surface area contributed by atoms with E-state index in [4.69, 9.17) is 0 Å². The zero-order valence-corrected chi connectivity index (χ0v) is 10.7. The van der Waals surface area contributed by atoms with Crippen LogP contribution in [-0.2, 0) is 6.42 Å². The average molecular weight is 256 g/mol. The lowest BCUT2D eigenvalue weighted by molar-refractivity contribution is 0.0935. The summed E-state index contributed by atoms with van der Waals surface area (Å²) in [6, 6.07) is 14.5. The summed E-state index contributed by atoms with van der Waals surface area (Å²) in [5.74, 6) is -0.263. The molecule has 1 aromatic heterocycles. The van der Waals surface area contributed by atoms with Gasteiger partial charge in [0.25, 0.3) is 5.91 Å². The highest BCUT2D eigenvalue weighted by Crippen LogP contribution is 2.03. The number of rotatable bonds is 4. The Hall–Kier alpha value is -2.36. The van der Waals surface area contributed by atoms with Gasteiger partial charge in [-0.3, -0.25) is 9.59 Å². The molecule has 0 aliphatic carbocycles. The van der Waals surface area contributed by atoms with Gasteiger partial charge in [-0.15, -0.1) is 0 Å². The molecule has 0 fully saturated rings. The van der Waals surface area contributed by atoms with Crippen molar-refractivity contribution >= 4 is 5.91 Å². The Labute approximate surface area is 111 Å². The lowest BCUT2D eigenvalue weighted by Crippen LogP contribution is -2.35. The van der Waals surface area contributed by atoms with Gasteiger partial charge in [-0.1, -0.05) is 36.4 Å². The van der Waals surface area contributed by atoms with Crippen LogP contribution in [0.4, 0.5) is 0 Å². The largest absolute Gasteiger partial charge is 0.348 e. The van der Waals surface area contributed by atoms with Crippen LogP contribution in [-0.4, -0.2) is 16.9 Å². The molecule has 1 amide bonds. The highest BCUT2D eigenvalue weighted by molar-refractivity contribution is 5.92. The van der Waals surface area contributed by atoms with Crippen LogP contribution in [0.3, 0.4) is 0 Å². The summed E-state index contributed by atoms with van der Waals surface area (Å²) < 4.78 is 0. The number of nitrogens with one attached hydrogen (secondary N) is 2. The molecule has 19 heavy (non-hydrogen) atoms. The zero-order chi connectivity index (χ0) is 13.7. The average Bonchev–Trinajstić information content (AvgIpc) is 2.39. The molecule has 1 heterocycles. The number of hydrogen-bond acceptors (Lipinski definition) is 2. The number of carbonyl (C=O) groups excluding carboxylic acids is 1. The smallest absolute Gasteiger partial charge is 0.268 e. The van der Waals surface area contributed by atoms with Gasteiger partial charge in [0, 0.05) is 12.1 Å². The van der Waals surface area contributed by atoms with Crippen LogP contribution in [0.2, 0.25) is 0 Å². The first-order valence-corrected chi connectivity index (χ1v) is 6.19. The minimum absolute atomic E-state index is 0.00129. The molecule has 1 unspecified atom stereocenters. The lowest BCUT2D eigenvalue weighted by atomic mass is 10.1. The van der Waals surface area contributed by atoms with Crippen LogP contribution in [0.5, 0.6) is 0 Å². The van der Waals surface area contributed by atoms with Gasteiger partial charge in [0.15, 0.2) is 0 Å². The number of pyridine rings is 1. The topological polar surface area (TPSA) is 62.0 Å². The van der Waals surface area contributed by atoms with E-state index in [1.54, 1.807) is 12.1 Å². The third-order valence-corrected chi connectivity index (χ3v) is 2.78. The van der Waals surface area contributed by atoms with Crippen LogP contribution in [0.15, 0.2) is 53.3 Å². The molecule has 2 N–H and O–H groups in total. The van der Waals surface area contributed by atoms with Crippen LogP contribution in [0.25, 0.3) is 0 Å². The van der Waals surface area contributed by atoms with Gasteiger partial charge in [0.2, 0.25) is 5.56 Å². The predicted octanol–water partition coefficient (Wildman–Crippen LogP) is 1.74. The van der Waals surface area contributed by atoms with E-state index in [-0.39, 0.29) is 23.2 Å². The molecular weight excluding hydrogens is 240 g/mol. The lowest BCUT2D eigenvalue weighted by Gasteiger charge is -2.13. The molecule has 0 aliphatic rings. The first kappa shape index (κ1) is 13.1. The molecule has 98 valence electrons. The molecule has 0 radical (unpaired) electrons. The number of aromatic nitrogens is 1.